The van der Waals surface area contributed by atoms with Crippen molar-refractivity contribution in [2.24, 2.45) is 0 Å². The zero-order chi connectivity index (χ0) is 26.2. The molecule has 2 rings (SSSR count). The van der Waals surface area contributed by atoms with Crippen LogP contribution in [0, 0.1) is 0 Å². The van der Waals surface area contributed by atoms with Gasteiger partial charge < -0.3 is 19.9 Å². The Labute approximate surface area is 215 Å². The summed E-state index contributed by atoms with van der Waals surface area (Å²) in [4.78, 5) is 39.9. The van der Waals surface area contributed by atoms with Gasteiger partial charge in [0.2, 0.25) is 5.91 Å². The molecule has 1 aliphatic rings. The number of hydrogen-bond donors (Lipinski definition) is 2. The topological polar surface area (TPSA) is 120 Å². The standard InChI is InChI=1S/C27H45N3O6/c1-3-4-5-6-7-8-9-10-11-12-13-14-15-16-25(33)36-23-19-22(20-31)35-26(23)30-18-17-24(28-21(2)32)29-27(30)34/h17-18,22-23,26,31H,3-16,19-20H2,1-2H3,(H,28,29,32,34)/t22-,23+,26+/m0/s1. The molecule has 0 aliphatic carbocycles. The zero-order valence-corrected chi connectivity index (χ0v) is 22.1. The fraction of sp³-hybridized carbons (Fsp3) is 0.778. The maximum absolute atomic E-state index is 12.5. The van der Waals surface area contributed by atoms with Gasteiger partial charge in [0.1, 0.15) is 11.9 Å². The first-order valence-electron chi connectivity index (χ1n) is 13.8. The highest BCUT2D eigenvalue weighted by Crippen LogP contribution is 2.30. The zero-order valence-electron chi connectivity index (χ0n) is 22.1. The molecule has 0 radical (unpaired) electrons. The summed E-state index contributed by atoms with van der Waals surface area (Å²) in [6.07, 6.45) is 16.0. The Balaban J connectivity index is 1.66. The Kier molecular flexibility index (Phi) is 14.4. The van der Waals surface area contributed by atoms with Crippen LogP contribution in [0.5, 0.6) is 0 Å². The van der Waals surface area contributed by atoms with Crippen LogP contribution in [-0.2, 0) is 19.1 Å². The van der Waals surface area contributed by atoms with Gasteiger partial charge in [-0.3, -0.25) is 14.2 Å². The quantitative estimate of drug-likeness (QED) is 0.215. The second-order valence-corrected chi connectivity index (χ2v) is 9.77. The first kappa shape index (κ1) is 30.0. The van der Waals surface area contributed by atoms with Crippen LogP contribution in [0.1, 0.15) is 116 Å². The number of rotatable bonds is 18. The third-order valence-corrected chi connectivity index (χ3v) is 6.52. The van der Waals surface area contributed by atoms with E-state index in [1.165, 1.54) is 88.0 Å². The average molecular weight is 508 g/mol. The Morgan fingerprint density at radius 2 is 1.64 bits per heavy atom. The molecule has 3 atom stereocenters. The molecule has 1 saturated heterocycles. The van der Waals surface area contributed by atoms with E-state index in [-0.39, 0.29) is 24.3 Å². The molecule has 204 valence electrons. The average Bonchev–Trinajstić information content (AvgIpc) is 3.24. The van der Waals surface area contributed by atoms with E-state index in [9.17, 15) is 19.5 Å². The van der Waals surface area contributed by atoms with Crippen molar-refractivity contribution < 1.29 is 24.2 Å². The van der Waals surface area contributed by atoms with Crippen LogP contribution in [0.4, 0.5) is 5.82 Å². The van der Waals surface area contributed by atoms with Gasteiger partial charge in [0, 0.05) is 26.0 Å². The fourth-order valence-corrected chi connectivity index (χ4v) is 4.56. The van der Waals surface area contributed by atoms with Crippen LogP contribution < -0.4 is 11.0 Å². The highest BCUT2D eigenvalue weighted by Gasteiger charge is 2.39. The number of esters is 1. The van der Waals surface area contributed by atoms with Crippen molar-refractivity contribution in [3.63, 3.8) is 0 Å². The normalized spacial score (nSPS) is 19.4. The second kappa shape index (κ2) is 17.2. The minimum absolute atomic E-state index is 0.136. The lowest BCUT2D eigenvalue weighted by Gasteiger charge is -2.21. The van der Waals surface area contributed by atoms with Crippen LogP contribution in [0.2, 0.25) is 0 Å². The van der Waals surface area contributed by atoms with E-state index in [2.05, 4.69) is 17.2 Å². The van der Waals surface area contributed by atoms with Crippen LogP contribution in [0.25, 0.3) is 0 Å². The van der Waals surface area contributed by atoms with E-state index >= 15 is 0 Å². The fourth-order valence-electron chi connectivity index (χ4n) is 4.56. The Morgan fingerprint density at radius 3 is 2.17 bits per heavy atom. The molecular weight excluding hydrogens is 462 g/mol. The number of carbonyl (C=O) groups excluding carboxylic acids is 2. The number of aliphatic hydroxyl groups is 1. The van der Waals surface area contributed by atoms with Crippen molar-refractivity contribution in [2.75, 3.05) is 11.9 Å². The third kappa shape index (κ3) is 11.2. The summed E-state index contributed by atoms with van der Waals surface area (Å²) in [5.74, 6) is -0.528. The maximum Gasteiger partial charge on any atom is 0.351 e. The molecule has 1 aromatic rings. The highest BCUT2D eigenvalue weighted by molar-refractivity contribution is 5.87. The summed E-state index contributed by atoms with van der Waals surface area (Å²) in [6.45, 7) is 3.33. The van der Waals surface area contributed by atoms with Crippen molar-refractivity contribution in [1.29, 1.82) is 0 Å². The van der Waals surface area contributed by atoms with Crippen LogP contribution in [0.15, 0.2) is 17.1 Å². The molecule has 1 amide bonds. The number of carbonyl (C=O) groups is 2. The monoisotopic (exact) mass is 507 g/mol. The first-order valence-corrected chi connectivity index (χ1v) is 13.8. The second-order valence-electron chi connectivity index (χ2n) is 9.77. The van der Waals surface area contributed by atoms with Crippen LogP contribution >= 0.6 is 0 Å². The lowest BCUT2D eigenvalue weighted by atomic mass is 10.0. The lowest BCUT2D eigenvalue weighted by Crippen LogP contribution is -2.34. The number of anilines is 1. The lowest BCUT2D eigenvalue weighted by molar-refractivity contribution is -0.155. The van der Waals surface area contributed by atoms with Gasteiger partial charge in [0.15, 0.2) is 6.23 Å². The molecular formula is C27H45N3O6. The van der Waals surface area contributed by atoms with Gasteiger partial charge in [-0.25, -0.2) is 4.79 Å². The minimum atomic E-state index is -0.871. The number of nitrogens with one attached hydrogen (secondary N) is 1. The predicted octanol–water partition coefficient (Wildman–Crippen LogP) is 4.87. The summed E-state index contributed by atoms with van der Waals surface area (Å²) in [7, 11) is 0. The molecule has 0 bridgehead atoms. The molecule has 0 saturated carbocycles. The summed E-state index contributed by atoms with van der Waals surface area (Å²) < 4.78 is 12.6. The molecule has 9 nitrogen and oxygen atoms in total. The molecule has 9 heteroatoms. The van der Waals surface area contributed by atoms with Gasteiger partial charge in [-0.05, 0) is 12.5 Å². The number of amides is 1. The van der Waals surface area contributed by atoms with Gasteiger partial charge in [0.25, 0.3) is 0 Å². The smallest absolute Gasteiger partial charge is 0.351 e. The van der Waals surface area contributed by atoms with E-state index < -0.39 is 24.1 Å². The van der Waals surface area contributed by atoms with Gasteiger partial charge in [0.05, 0.1) is 12.7 Å². The molecule has 1 fully saturated rings. The van der Waals surface area contributed by atoms with Gasteiger partial charge in [-0.15, -0.1) is 0 Å². The number of aliphatic hydroxyl groups excluding tert-OH is 1. The maximum atomic E-state index is 12.5. The highest BCUT2D eigenvalue weighted by atomic mass is 16.6. The minimum Gasteiger partial charge on any atom is -0.457 e. The van der Waals surface area contributed by atoms with Crippen molar-refractivity contribution in [3.8, 4) is 0 Å². The van der Waals surface area contributed by atoms with Crippen LogP contribution in [0.3, 0.4) is 0 Å². The summed E-state index contributed by atoms with van der Waals surface area (Å²) in [5, 5.41) is 12.0. The van der Waals surface area contributed by atoms with E-state index in [1.54, 1.807) is 0 Å². The van der Waals surface area contributed by atoms with Crippen LogP contribution in [-0.4, -0.2) is 45.3 Å². The number of aromatic nitrogens is 2. The predicted molar refractivity (Wildman–Crippen MR) is 139 cm³/mol. The molecule has 2 N–H and O–H groups in total. The van der Waals surface area contributed by atoms with E-state index in [1.807, 2.05) is 0 Å². The van der Waals surface area contributed by atoms with E-state index in [0.717, 1.165) is 19.3 Å². The number of nitrogens with zero attached hydrogens (tertiary/aromatic N) is 2. The number of ether oxygens (including phenoxy) is 2. The molecule has 1 aliphatic heterocycles. The Hall–Kier alpha value is -2.26. The van der Waals surface area contributed by atoms with Gasteiger partial charge in [-0.1, -0.05) is 84.0 Å². The Bertz CT molecular complexity index is 843. The van der Waals surface area contributed by atoms with Gasteiger partial charge in [-0.2, -0.15) is 4.98 Å². The Morgan fingerprint density at radius 1 is 1.06 bits per heavy atom. The largest absolute Gasteiger partial charge is 0.457 e. The van der Waals surface area contributed by atoms with Crippen molar-refractivity contribution in [2.45, 2.75) is 129 Å². The number of unbranched alkanes of at least 4 members (excludes halogenated alkanes) is 12. The first-order chi connectivity index (χ1) is 17.4. The molecule has 0 aromatic carbocycles. The molecule has 0 spiro atoms. The van der Waals surface area contributed by atoms with E-state index in [0.29, 0.717) is 12.8 Å². The van der Waals surface area contributed by atoms with Crippen molar-refractivity contribution >= 4 is 17.7 Å². The SMILES string of the molecule is CCCCCCCCCCCCCCCC(=O)O[C@@H]1C[C@@H](CO)O[C@H]1n1ccc(NC(C)=O)nc1=O. The van der Waals surface area contributed by atoms with Crippen molar-refractivity contribution in [1.82, 2.24) is 9.55 Å². The molecule has 36 heavy (non-hydrogen) atoms. The van der Waals surface area contributed by atoms with E-state index in [4.69, 9.17) is 9.47 Å². The van der Waals surface area contributed by atoms with Crippen molar-refractivity contribution in [3.05, 3.63) is 22.7 Å². The molecule has 2 heterocycles. The third-order valence-electron chi connectivity index (χ3n) is 6.52. The summed E-state index contributed by atoms with van der Waals surface area (Å²) >= 11 is 0. The number of hydrogen-bond acceptors (Lipinski definition) is 7. The van der Waals surface area contributed by atoms with Gasteiger partial charge >= 0.3 is 11.7 Å². The molecule has 1 aromatic heterocycles. The molecule has 0 unspecified atom stereocenters. The summed E-state index contributed by atoms with van der Waals surface area (Å²) in [5.41, 5.74) is -0.637. The summed E-state index contributed by atoms with van der Waals surface area (Å²) in [6, 6.07) is 1.48.